The Hall–Kier alpha value is -1.51. The summed E-state index contributed by atoms with van der Waals surface area (Å²) < 4.78 is 40.5. The van der Waals surface area contributed by atoms with Crippen LogP contribution in [0.2, 0.25) is 0 Å². The topological polar surface area (TPSA) is 58.8 Å². The van der Waals surface area contributed by atoms with E-state index < -0.39 is 12.8 Å². The van der Waals surface area contributed by atoms with Gasteiger partial charge in [-0.15, -0.1) is 12.4 Å². The molecular formula is C18H27ClF3N3O2. The van der Waals surface area contributed by atoms with E-state index in [2.05, 4.69) is 9.64 Å². The number of anilines is 1. The molecule has 154 valence electrons. The number of rotatable bonds is 8. The van der Waals surface area contributed by atoms with E-state index in [0.29, 0.717) is 44.6 Å². The number of piperazine rings is 1. The molecule has 27 heavy (non-hydrogen) atoms. The predicted octanol–water partition coefficient (Wildman–Crippen LogP) is 2.74. The number of amides is 1. The molecule has 5 nitrogen and oxygen atoms in total. The average molecular weight is 410 g/mol. The van der Waals surface area contributed by atoms with Gasteiger partial charge in [0.15, 0.2) is 0 Å². The minimum Gasteiger partial charge on any atom is -0.399 e. The Balaban J connectivity index is 0.00000364. The molecule has 1 aromatic carbocycles. The lowest BCUT2D eigenvalue weighted by Crippen LogP contribution is -2.49. The standard InChI is InChI=1S/C18H26F3N3O2.ClH/c19-18(20,21)14-26-13-3-8-23-9-11-24(12-10-23)17(25)7-6-15-4-1-2-5-16(15)22;/h1-2,4-5H,3,6-14,22H2;1H. The van der Waals surface area contributed by atoms with E-state index >= 15 is 0 Å². The molecule has 0 spiro atoms. The second kappa shape index (κ2) is 11.4. The molecular weight excluding hydrogens is 383 g/mol. The van der Waals surface area contributed by atoms with Crippen LogP contribution in [-0.4, -0.2) is 67.8 Å². The zero-order valence-electron chi connectivity index (χ0n) is 15.2. The van der Waals surface area contributed by atoms with Crippen molar-refractivity contribution in [3.63, 3.8) is 0 Å². The molecule has 1 heterocycles. The van der Waals surface area contributed by atoms with E-state index in [1.165, 1.54) is 0 Å². The van der Waals surface area contributed by atoms with E-state index in [9.17, 15) is 18.0 Å². The van der Waals surface area contributed by atoms with Crippen LogP contribution in [0.15, 0.2) is 24.3 Å². The van der Waals surface area contributed by atoms with Gasteiger partial charge in [-0.05, 0) is 24.5 Å². The number of hydrogen-bond acceptors (Lipinski definition) is 4. The van der Waals surface area contributed by atoms with Crippen LogP contribution in [0.5, 0.6) is 0 Å². The quantitative estimate of drug-likeness (QED) is 0.530. The van der Waals surface area contributed by atoms with Crippen LogP contribution in [0.25, 0.3) is 0 Å². The normalized spacial score (nSPS) is 15.4. The van der Waals surface area contributed by atoms with E-state index in [-0.39, 0.29) is 24.9 Å². The lowest BCUT2D eigenvalue weighted by molar-refractivity contribution is -0.174. The van der Waals surface area contributed by atoms with Gasteiger partial charge in [-0.25, -0.2) is 0 Å². The fraction of sp³-hybridized carbons (Fsp3) is 0.611. The smallest absolute Gasteiger partial charge is 0.399 e. The first kappa shape index (κ1) is 23.5. The predicted molar refractivity (Wildman–Crippen MR) is 101 cm³/mol. The number of nitrogens with two attached hydrogens (primary N) is 1. The monoisotopic (exact) mass is 409 g/mol. The van der Waals surface area contributed by atoms with Crippen molar-refractivity contribution in [2.45, 2.75) is 25.4 Å². The molecule has 0 bridgehead atoms. The minimum atomic E-state index is -4.27. The number of nitrogens with zero attached hydrogens (tertiary/aromatic N) is 2. The molecule has 0 atom stereocenters. The van der Waals surface area contributed by atoms with Crippen molar-refractivity contribution in [1.82, 2.24) is 9.80 Å². The molecule has 0 aliphatic carbocycles. The fourth-order valence-corrected chi connectivity index (χ4v) is 2.96. The number of ether oxygens (including phenoxy) is 1. The molecule has 0 unspecified atom stereocenters. The van der Waals surface area contributed by atoms with E-state index in [1.807, 2.05) is 29.2 Å². The third-order valence-corrected chi connectivity index (χ3v) is 4.42. The zero-order chi connectivity index (χ0) is 19.0. The summed E-state index contributed by atoms with van der Waals surface area (Å²) in [5.41, 5.74) is 7.58. The van der Waals surface area contributed by atoms with Crippen LogP contribution >= 0.6 is 12.4 Å². The van der Waals surface area contributed by atoms with Gasteiger partial charge in [0, 0.05) is 51.4 Å². The van der Waals surface area contributed by atoms with Crippen LogP contribution in [-0.2, 0) is 16.0 Å². The van der Waals surface area contributed by atoms with Crippen LogP contribution in [0, 0.1) is 0 Å². The maximum atomic E-state index is 12.3. The number of nitrogen functional groups attached to an aromatic ring is 1. The van der Waals surface area contributed by atoms with Crippen molar-refractivity contribution >= 4 is 24.0 Å². The summed E-state index contributed by atoms with van der Waals surface area (Å²) in [7, 11) is 0. The third kappa shape index (κ3) is 8.81. The summed E-state index contributed by atoms with van der Waals surface area (Å²) in [6.45, 7) is 2.34. The second-order valence-electron chi connectivity index (χ2n) is 6.44. The molecule has 1 aliphatic rings. The average Bonchev–Trinajstić information content (AvgIpc) is 2.60. The van der Waals surface area contributed by atoms with Gasteiger partial charge in [-0.1, -0.05) is 18.2 Å². The summed E-state index contributed by atoms with van der Waals surface area (Å²) in [5.74, 6) is 0.112. The molecule has 0 radical (unpaired) electrons. The number of carbonyl (C=O) groups excluding carboxylic acids is 1. The van der Waals surface area contributed by atoms with E-state index in [4.69, 9.17) is 5.73 Å². The van der Waals surface area contributed by atoms with Gasteiger partial charge in [0.25, 0.3) is 0 Å². The molecule has 1 saturated heterocycles. The third-order valence-electron chi connectivity index (χ3n) is 4.42. The fourth-order valence-electron chi connectivity index (χ4n) is 2.96. The number of hydrogen-bond donors (Lipinski definition) is 1. The largest absolute Gasteiger partial charge is 0.411 e. The zero-order valence-corrected chi connectivity index (χ0v) is 16.0. The van der Waals surface area contributed by atoms with Crippen molar-refractivity contribution in [2.24, 2.45) is 0 Å². The van der Waals surface area contributed by atoms with Crippen molar-refractivity contribution in [1.29, 1.82) is 0 Å². The van der Waals surface area contributed by atoms with E-state index in [1.54, 1.807) is 0 Å². The first-order chi connectivity index (χ1) is 12.3. The molecule has 9 heteroatoms. The first-order valence-electron chi connectivity index (χ1n) is 8.83. The van der Waals surface area contributed by atoms with Gasteiger partial charge in [0.1, 0.15) is 6.61 Å². The van der Waals surface area contributed by atoms with Crippen molar-refractivity contribution in [3.05, 3.63) is 29.8 Å². The number of halogens is 4. The summed E-state index contributed by atoms with van der Waals surface area (Å²) in [6.07, 6.45) is -2.66. The lowest BCUT2D eigenvalue weighted by atomic mass is 10.1. The molecule has 2 rings (SSSR count). The van der Waals surface area contributed by atoms with Gasteiger partial charge in [-0.2, -0.15) is 13.2 Å². The molecule has 1 aromatic rings. The Morgan fingerprint density at radius 3 is 2.44 bits per heavy atom. The second-order valence-corrected chi connectivity index (χ2v) is 6.44. The SMILES string of the molecule is Cl.Nc1ccccc1CCC(=O)N1CCN(CCCOCC(F)(F)F)CC1. The highest BCUT2D eigenvalue weighted by Gasteiger charge is 2.27. The maximum absolute atomic E-state index is 12.3. The highest BCUT2D eigenvalue weighted by atomic mass is 35.5. The number of benzene rings is 1. The highest BCUT2D eigenvalue weighted by molar-refractivity contribution is 5.85. The van der Waals surface area contributed by atoms with Crippen molar-refractivity contribution < 1.29 is 22.7 Å². The van der Waals surface area contributed by atoms with Gasteiger partial charge in [-0.3, -0.25) is 9.69 Å². The Morgan fingerprint density at radius 1 is 1.15 bits per heavy atom. The van der Waals surface area contributed by atoms with Crippen LogP contribution < -0.4 is 5.73 Å². The first-order valence-corrected chi connectivity index (χ1v) is 8.83. The number of para-hydroxylation sites is 1. The van der Waals surface area contributed by atoms with Crippen LogP contribution in [0.4, 0.5) is 18.9 Å². The molecule has 1 amide bonds. The van der Waals surface area contributed by atoms with E-state index in [0.717, 1.165) is 18.7 Å². The Bertz CT molecular complexity index is 579. The number of alkyl halides is 3. The molecule has 2 N–H and O–H groups in total. The molecule has 0 aromatic heterocycles. The lowest BCUT2D eigenvalue weighted by Gasteiger charge is -2.34. The van der Waals surface area contributed by atoms with Crippen molar-refractivity contribution in [3.8, 4) is 0 Å². The van der Waals surface area contributed by atoms with Crippen molar-refractivity contribution in [2.75, 3.05) is 51.7 Å². The summed E-state index contributed by atoms with van der Waals surface area (Å²) in [4.78, 5) is 16.3. The van der Waals surface area contributed by atoms with Crippen LogP contribution in [0.1, 0.15) is 18.4 Å². The Kier molecular flexibility index (Phi) is 9.90. The molecule has 1 aliphatic heterocycles. The van der Waals surface area contributed by atoms with Gasteiger partial charge >= 0.3 is 6.18 Å². The minimum absolute atomic E-state index is 0. The summed E-state index contributed by atoms with van der Waals surface area (Å²) in [6, 6.07) is 7.54. The Labute approximate surface area is 164 Å². The van der Waals surface area contributed by atoms with Gasteiger partial charge < -0.3 is 15.4 Å². The maximum Gasteiger partial charge on any atom is 0.411 e. The van der Waals surface area contributed by atoms with Gasteiger partial charge in [0.05, 0.1) is 0 Å². The van der Waals surface area contributed by atoms with Crippen LogP contribution in [0.3, 0.4) is 0 Å². The summed E-state index contributed by atoms with van der Waals surface area (Å²) in [5, 5.41) is 0. The summed E-state index contributed by atoms with van der Waals surface area (Å²) >= 11 is 0. The molecule has 1 fully saturated rings. The Morgan fingerprint density at radius 2 is 1.81 bits per heavy atom. The molecule has 0 saturated carbocycles. The number of carbonyl (C=O) groups is 1. The highest BCUT2D eigenvalue weighted by Crippen LogP contribution is 2.15. The number of aryl methyl sites for hydroxylation is 1. The van der Waals surface area contributed by atoms with Gasteiger partial charge in [0.2, 0.25) is 5.91 Å².